The van der Waals surface area contributed by atoms with Gasteiger partial charge in [0.2, 0.25) is 0 Å². The summed E-state index contributed by atoms with van der Waals surface area (Å²) in [6, 6.07) is 8.68. The van der Waals surface area contributed by atoms with Crippen molar-refractivity contribution in [3.63, 3.8) is 0 Å². The third kappa shape index (κ3) is 5.85. The summed E-state index contributed by atoms with van der Waals surface area (Å²) >= 11 is 0. The number of hydrogen-bond donors (Lipinski definition) is 0. The van der Waals surface area contributed by atoms with Crippen molar-refractivity contribution in [2.24, 2.45) is 0 Å². The number of unbranched alkanes of at least 4 members (excludes halogenated alkanes) is 4. The van der Waals surface area contributed by atoms with Gasteiger partial charge in [0, 0.05) is 11.1 Å². The lowest BCUT2D eigenvalue weighted by Crippen LogP contribution is -1.96. The minimum absolute atomic E-state index is 0.0419. The molecule has 0 aliphatic heterocycles. The van der Waals surface area contributed by atoms with Crippen LogP contribution in [0.2, 0.25) is 0 Å². The van der Waals surface area contributed by atoms with E-state index < -0.39 is 51.7 Å². The first-order valence-corrected chi connectivity index (χ1v) is 12.3. The fraction of sp³-hybridized carbons (Fsp3) is 0.226. The zero-order valence-corrected chi connectivity index (χ0v) is 20.5. The second-order valence-electron chi connectivity index (χ2n) is 9.09. The standard InChI is InChI=1S/C31H23F7/c1-2-3-4-5-6-7-19-13-25(33)23(26(34)14-19)11-9-18-8-10-22(24(32)12-18)20-15-21-17-28(36)30(37)31(38)29(21)27(35)16-20/h8,10,12-17H,2-7H2,1H3. The van der Waals surface area contributed by atoms with Crippen molar-refractivity contribution in [1.29, 1.82) is 0 Å². The summed E-state index contributed by atoms with van der Waals surface area (Å²) in [5.74, 6) is -3.70. The normalized spacial score (nSPS) is 11.1. The maximum absolute atomic E-state index is 14.9. The number of benzene rings is 4. The van der Waals surface area contributed by atoms with Crippen molar-refractivity contribution < 1.29 is 30.7 Å². The molecule has 4 aromatic carbocycles. The van der Waals surface area contributed by atoms with Crippen molar-refractivity contribution in [2.75, 3.05) is 0 Å². The van der Waals surface area contributed by atoms with E-state index in [0.717, 1.165) is 50.3 Å². The molecule has 196 valence electrons. The highest BCUT2D eigenvalue weighted by Crippen LogP contribution is 2.32. The van der Waals surface area contributed by atoms with Gasteiger partial charge in [0.25, 0.3) is 0 Å². The van der Waals surface area contributed by atoms with Crippen LogP contribution in [-0.2, 0) is 6.42 Å². The molecule has 0 unspecified atom stereocenters. The van der Waals surface area contributed by atoms with E-state index in [1.54, 1.807) is 0 Å². The molecule has 0 radical (unpaired) electrons. The number of hydrogen-bond acceptors (Lipinski definition) is 0. The molecule has 0 bridgehead atoms. The highest BCUT2D eigenvalue weighted by Gasteiger charge is 2.19. The molecule has 0 saturated heterocycles. The monoisotopic (exact) mass is 528 g/mol. The maximum Gasteiger partial charge on any atom is 0.195 e. The summed E-state index contributed by atoms with van der Waals surface area (Å²) in [5.41, 5.74) is 0.0621. The molecule has 0 aromatic heterocycles. The van der Waals surface area contributed by atoms with E-state index in [0.29, 0.717) is 18.1 Å². The van der Waals surface area contributed by atoms with Crippen LogP contribution in [0.5, 0.6) is 0 Å². The molecule has 0 heterocycles. The van der Waals surface area contributed by atoms with E-state index in [4.69, 9.17) is 0 Å². The zero-order valence-electron chi connectivity index (χ0n) is 20.5. The fourth-order valence-corrected chi connectivity index (χ4v) is 4.33. The highest BCUT2D eigenvalue weighted by atomic mass is 19.2. The topological polar surface area (TPSA) is 0 Å². The molecule has 0 atom stereocenters. The molecule has 0 aliphatic rings. The van der Waals surface area contributed by atoms with Crippen LogP contribution in [0, 0.1) is 52.6 Å². The Bertz CT molecular complexity index is 1540. The summed E-state index contributed by atoms with van der Waals surface area (Å²) in [5, 5.41) is -1.03. The van der Waals surface area contributed by atoms with Crippen LogP contribution in [0.15, 0.2) is 48.5 Å². The van der Waals surface area contributed by atoms with Crippen molar-refractivity contribution in [1.82, 2.24) is 0 Å². The predicted octanol–water partition coefficient (Wildman–Crippen LogP) is 9.39. The van der Waals surface area contributed by atoms with Gasteiger partial charge in [-0.3, -0.25) is 0 Å². The van der Waals surface area contributed by atoms with Crippen LogP contribution in [0.3, 0.4) is 0 Å². The Labute approximate surface area is 216 Å². The third-order valence-corrected chi connectivity index (χ3v) is 6.31. The zero-order chi connectivity index (χ0) is 27.4. The molecular weight excluding hydrogens is 505 g/mol. The van der Waals surface area contributed by atoms with Crippen molar-refractivity contribution in [2.45, 2.75) is 45.4 Å². The van der Waals surface area contributed by atoms with Gasteiger partial charge in [-0.05, 0) is 71.8 Å². The first-order valence-electron chi connectivity index (χ1n) is 12.3. The molecule has 4 rings (SSSR count). The summed E-state index contributed by atoms with van der Waals surface area (Å²) in [7, 11) is 0. The second kappa shape index (κ2) is 11.7. The Morgan fingerprint density at radius 2 is 1.32 bits per heavy atom. The van der Waals surface area contributed by atoms with Crippen LogP contribution in [0.1, 0.15) is 55.7 Å². The Morgan fingerprint density at radius 1 is 0.605 bits per heavy atom. The molecule has 0 aliphatic carbocycles. The molecule has 0 N–H and O–H groups in total. The Balaban J connectivity index is 1.57. The highest BCUT2D eigenvalue weighted by molar-refractivity contribution is 5.88. The fourth-order valence-electron chi connectivity index (χ4n) is 4.33. The van der Waals surface area contributed by atoms with Gasteiger partial charge in [-0.25, -0.2) is 30.7 Å². The average molecular weight is 529 g/mol. The number of fused-ring (bicyclic) bond motifs is 1. The van der Waals surface area contributed by atoms with Crippen LogP contribution < -0.4 is 0 Å². The Kier molecular flexibility index (Phi) is 8.41. The van der Waals surface area contributed by atoms with Gasteiger partial charge in [-0.15, -0.1) is 0 Å². The lowest BCUT2D eigenvalue weighted by atomic mass is 9.98. The lowest BCUT2D eigenvalue weighted by molar-refractivity contribution is 0.451. The van der Waals surface area contributed by atoms with Crippen LogP contribution >= 0.6 is 0 Å². The van der Waals surface area contributed by atoms with E-state index in [1.165, 1.54) is 24.3 Å². The summed E-state index contributed by atoms with van der Waals surface area (Å²) in [4.78, 5) is 0. The van der Waals surface area contributed by atoms with E-state index >= 15 is 0 Å². The van der Waals surface area contributed by atoms with Gasteiger partial charge in [-0.2, -0.15) is 0 Å². The van der Waals surface area contributed by atoms with Crippen LogP contribution in [0.4, 0.5) is 30.7 Å². The summed E-state index contributed by atoms with van der Waals surface area (Å²) in [6.45, 7) is 2.11. The molecule has 0 spiro atoms. The van der Waals surface area contributed by atoms with Gasteiger partial charge >= 0.3 is 0 Å². The van der Waals surface area contributed by atoms with Gasteiger partial charge < -0.3 is 0 Å². The van der Waals surface area contributed by atoms with Crippen LogP contribution in [-0.4, -0.2) is 0 Å². The smallest absolute Gasteiger partial charge is 0.195 e. The van der Waals surface area contributed by atoms with Crippen molar-refractivity contribution in [3.05, 3.63) is 106 Å². The minimum atomic E-state index is -1.80. The molecular formula is C31H23F7. The minimum Gasteiger partial charge on any atom is -0.206 e. The van der Waals surface area contributed by atoms with E-state index in [1.807, 2.05) is 0 Å². The number of aryl methyl sites for hydroxylation is 1. The molecule has 4 aromatic rings. The Hall–Kier alpha value is -3.79. The largest absolute Gasteiger partial charge is 0.206 e. The molecule has 0 amide bonds. The van der Waals surface area contributed by atoms with E-state index in [9.17, 15) is 30.7 Å². The molecule has 0 saturated carbocycles. The van der Waals surface area contributed by atoms with E-state index in [2.05, 4.69) is 18.8 Å². The molecule has 38 heavy (non-hydrogen) atoms. The number of rotatable bonds is 7. The third-order valence-electron chi connectivity index (χ3n) is 6.31. The van der Waals surface area contributed by atoms with E-state index in [-0.39, 0.29) is 22.1 Å². The lowest BCUT2D eigenvalue weighted by Gasteiger charge is -2.09. The van der Waals surface area contributed by atoms with Gasteiger partial charge in [0.15, 0.2) is 17.5 Å². The summed E-state index contributed by atoms with van der Waals surface area (Å²) < 4.78 is 99.5. The summed E-state index contributed by atoms with van der Waals surface area (Å²) in [6.07, 6.45) is 5.68. The maximum atomic E-state index is 14.9. The average Bonchev–Trinajstić information content (AvgIpc) is 2.86. The molecule has 0 nitrogen and oxygen atoms in total. The SMILES string of the molecule is CCCCCCCc1cc(F)c(C#Cc2ccc(-c3cc(F)c4c(F)c(F)c(F)cc4c3)c(F)c2)c(F)c1. The van der Waals surface area contributed by atoms with Gasteiger partial charge in [0.05, 0.1) is 10.9 Å². The van der Waals surface area contributed by atoms with Crippen molar-refractivity contribution >= 4 is 10.8 Å². The van der Waals surface area contributed by atoms with Gasteiger partial charge in [0.1, 0.15) is 23.3 Å². The molecule has 0 fully saturated rings. The first-order chi connectivity index (χ1) is 18.2. The predicted molar refractivity (Wildman–Crippen MR) is 134 cm³/mol. The molecule has 7 heteroatoms. The number of halogens is 7. The van der Waals surface area contributed by atoms with Gasteiger partial charge in [-0.1, -0.05) is 50.5 Å². The quantitative estimate of drug-likeness (QED) is 0.0970. The van der Waals surface area contributed by atoms with Crippen LogP contribution in [0.25, 0.3) is 21.9 Å². The first kappa shape index (κ1) is 27.3. The van der Waals surface area contributed by atoms with Crippen molar-refractivity contribution in [3.8, 4) is 23.0 Å². The Morgan fingerprint density at radius 3 is 2.00 bits per heavy atom. The second-order valence-corrected chi connectivity index (χ2v) is 9.09.